The molecule has 1 aromatic heterocycles. The van der Waals surface area contributed by atoms with Crippen LogP contribution in [-0.4, -0.2) is 9.55 Å². The number of rotatable bonds is 2. The molecule has 1 aliphatic rings. The quantitative estimate of drug-likeness (QED) is 0.443. The highest BCUT2D eigenvalue weighted by molar-refractivity contribution is 6.31. The number of hydrogen-bond acceptors (Lipinski definition) is 2. The molecule has 5 rings (SSSR count). The number of imidazole rings is 1. The number of benzene rings is 3. The van der Waals surface area contributed by atoms with Crippen LogP contribution in [0.3, 0.4) is 0 Å². The summed E-state index contributed by atoms with van der Waals surface area (Å²) in [5, 5.41) is 3.81. The van der Waals surface area contributed by atoms with E-state index in [1.807, 2.05) is 28.8 Å². The predicted molar refractivity (Wildman–Crippen MR) is 107 cm³/mol. The second-order valence-corrected chi connectivity index (χ2v) is 7.34. The van der Waals surface area contributed by atoms with Crippen LogP contribution in [0, 0.1) is 11.6 Å². The first-order valence-corrected chi connectivity index (χ1v) is 9.42. The van der Waals surface area contributed by atoms with Crippen molar-refractivity contribution in [1.82, 2.24) is 9.55 Å². The van der Waals surface area contributed by atoms with Gasteiger partial charge in [-0.2, -0.15) is 0 Å². The van der Waals surface area contributed by atoms with Gasteiger partial charge in [0.05, 0.1) is 23.1 Å². The molecule has 3 aromatic carbocycles. The topological polar surface area (TPSA) is 29.9 Å². The van der Waals surface area contributed by atoms with Gasteiger partial charge in [-0.15, -0.1) is 0 Å². The highest BCUT2D eigenvalue weighted by atomic mass is 35.5. The van der Waals surface area contributed by atoms with Crippen LogP contribution in [0.2, 0.25) is 5.02 Å². The molecule has 2 unspecified atom stereocenters. The molecule has 0 bridgehead atoms. The van der Waals surface area contributed by atoms with Gasteiger partial charge in [-0.25, -0.2) is 13.8 Å². The van der Waals surface area contributed by atoms with Crippen molar-refractivity contribution in [1.29, 1.82) is 0 Å². The van der Waals surface area contributed by atoms with E-state index >= 15 is 0 Å². The van der Waals surface area contributed by atoms with Gasteiger partial charge in [0.25, 0.3) is 0 Å². The molecule has 0 amide bonds. The normalized spacial score (nSPS) is 18.7. The minimum absolute atomic E-state index is 0.148. The highest BCUT2D eigenvalue weighted by Gasteiger charge is 2.33. The van der Waals surface area contributed by atoms with Crippen LogP contribution in [0.25, 0.3) is 11.0 Å². The van der Waals surface area contributed by atoms with Gasteiger partial charge in [-0.1, -0.05) is 41.9 Å². The molecular formula is C22H16ClF2N3. The molecule has 6 heteroatoms. The molecule has 2 heterocycles. The van der Waals surface area contributed by atoms with Crippen LogP contribution in [0.1, 0.15) is 29.6 Å². The standard InChI is InChI=1S/C22H16ClF2N3/c23-15-4-3-5-16(25)21(15)20-12-18(13-8-10-14(24)11-9-13)27-22-26-17-6-1-2-7-19(17)28(20)22/h1-11,18,20H,12H2,(H,26,27). The molecule has 1 aliphatic heterocycles. The monoisotopic (exact) mass is 395 g/mol. The zero-order chi connectivity index (χ0) is 19.3. The molecule has 140 valence electrons. The van der Waals surface area contributed by atoms with E-state index in [0.717, 1.165) is 16.6 Å². The van der Waals surface area contributed by atoms with Gasteiger partial charge >= 0.3 is 0 Å². The number of para-hydroxylation sites is 2. The minimum atomic E-state index is -0.346. The molecule has 0 aliphatic carbocycles. The van der Waals surface area contributed by atoms with Crippen LogP contribution in [-0.2, 0) is 0 Å². The Kier molecular flexibility index (Phi) is 4.05. The average Bonchev–Trinajstić information content (AvgIpc) is 3.07. The van der Waals surface area contributed by atoms with Crippen molar-refractivity contribution in [2.75, 3.05) is 5.32 Å². The number of hydrogen-bond donors (Lipinski definition) is 1. The van der Waals surface area contributed by atoms with Crippen molar-refractivity contribution < 1.29 is 8.78 Å². The van der Waals surface area contributed by atoms with E-state index in [1.54, 1.807) is 24.3 Å². The summed E-state index contributed by atoms with van der Waals surface area (Å²) in [6.45, 7) is 0. The lowest BCUT2D eigenvalue weighted by atomic mass is 9.92. The molecule has 0 saturated carbocycles. The van der Waals surface area contributed by atoms with Crippen LogP contribution in [0.5, 0.6) is 0 Å². The SMILES string of the molecule is Fc1ccc(C2CC(c3c(F)cccc3Cl)n3c(nc4ccccc43)N2)cc1. The molecule has 0 fully saturated rings. The number of aromatic nitrogens is 2. The smallest absolute Gasteiger partial charge is 0.204 e. The number of nitrogens with one attached hydrogen (secondary N) is 1. The molecule has 1 N–H and O–H groups in total. The Morgan fingerprint density at radius 3 is 2.54 bits per heavy atom. The first-order valence-electron chi connectivity index (χ1n) is 9.04. The van der Waals surface area contributed by atoms with Crippen molar-refractivity contribution >= 4 is 28.6 Å². The summed E-state index contributed by atoms with van der Waals surface area (Å²) in [5.74, 6) is 0.00702. The number of anilines is 1. The lowest BCUT2D eigenvalue weighted by molar-refractivity contribution is 0.456. The van der Waals surface area contributed by atoms with E-state index in [1.165, 1.54) is 18.2 Å². The Morgan fingerprint density at radius 1 is 0.964 bits per heavy atom. The second-order valence-electron chi connectivity index (χ2n) is 6.93. The van der Waals surface area contributed by atoms with Crippen molar-refractivity contribution in [2.45, 2.75) is 18.5 Å². The Bertz CT molecular complexity index is 1150. The summed E-state index contributed by atoms with van der Waals surface area (Å²) in [5.41, 5.74) is 3.09. The van der Waals surface area contributed by atoms with E-state index in [9.17, 15) is 8.78 Å². The zero-order valence-corrected chi connectivity index (χ0v) is 15.5. The molecule has 0 radical (unpaired) electrons. The molecule has 2 atom stereocenters. The Balaban J connectivity index is 1.71. The van der Waals surface area contributed by atoms with E-state index in [0.29, 0.717) is 23.0 Å². The van der Waals surface area contributed by atoms with Gasteiger partial charge in [0, 0.05) is 10.6 Å². The fourth-order valence-electron chi connectivity index (χ4n) is 4.00. The van der Waals surface area contributed by atoms with E-state index < -0.39 is 0 Å². The summed E-state index contributed by atoms with van der Waals surface area (Å²) in [6.07, 6.45) is 0.555. The lowest BCUT2D eigenvalue weighted by Crippen LogP contribution is -2.28. The first kappa shape index (κ1) is 17.2. The average molecular weight is 396 g/mol. The van der Waals surface area contributed by atoms with Crippen molar-refractivity contribution in [2.24, 2.45) is 0 Å². The van der Waals surface area contributed by atoms with Crippen LogP contribution in [0.4, 0.5) is 14.7 Å². The third-order valence-electron chi connectivity index (χ3n) is 5.28. The fourth-order valence-corrected chi connectivity index (χ4v) is 4.28. The Hall–Kier alpha value is -2.92. The van der Waals surface area contributed by atoms with E-state index in [2.05, 4.69) is 5.32 Å². The maximum atomic E-state index is 14.8. The van der Waals surface area contributed by atoms with E-state index in [4.69, 9.17) is 16.6 Å². The maximum absolute atomic E-state index is 14.8. The van der Waals surface area contributed by atoms with E-state index in [-0.39, 0.29) is 23.7 Å². The van der Waals surface area contributed by atoms with Crippen LogP contribution in [0.15, 0.2) is 66.7 Å². The third-order valence-corrected chi connectivity index (χ3v) is 5.60. The molecule has 28 heavy (non-hydrogen) atoms. The maximum Gasteiger partial charge on any atom is 0.204 e. The number of nitrogens with zero attached hydrogens (tertiary/aromatic N) is 2. The second kappa shape index (κ2) is 6.60. The summed E-state index contributed by atoms with van der Waals surface area (Å²) < 4.78 is 30.2. The summed E-state index contributed by atoms with van der Waals surface area (Å²) in [7, 11) is 0. The molecule has 0 spiro atoms. The van der Waals surface area contributed by atoms with Crippen molar-refractivity contribution in [3.05, 3.63) is 94.5 Å². The Labute approximate surface area is 165 Å². The largest absolute Gasteiger partial charge is 0.349 e. The van der Waals surface area contributed by atoms with Crippen LogP contribution < -0.4 is 5.32 Å². The number of fused-ring (bicyclic) bond motifs is 3. The van der Waals surface area contributed by atoms with Crippen LogP contribution >= 0.6 is 11.6 Å². The predicted octanol–water partition coefficient (Wildman–Crippen LogP) is 6.11. The highest BCUT2D eigenvalue weighted by Crippen LogP contribution is 2.43. The fraction of sp³-hybridized carbons (Fsp3) is 0.136. The molecular weight excluding hydrogens is 380 g/mol. The molecule has 4 aromatic rings. The van der Waals surface area contributed by atoms with Gasteiger partial charge < -0.3 is 9.88 Å². The van der Waals surface area contributed by atoms with Gasteiger partial charge in [0.2, 0.25) is 5.95 Å². The minimum Gasteiger partial charge on any atom is -0.349 e. The van der Waals surface area contributed by atoms with Gasteiger partial charge in [0.15, 0.2) is 0 Å². The van der Waals surface area contributed by atoms with Gasteiger partial charge in [-0.05, 0) is 48.4 Å². The number of halogens is 3. The summed E-state index contributed by atoms with van der Waals surface area (Å²) >= 11 is 6.42. The lowest BCUT2D eigenvalue weighted by Gasteiger charge is -2.34. The van der Waals surface area contributed by atoms with Gasteiger partial charge in [0.1, 0.15) is 11.6 Å². The van der Waals surface area contributed by atoms with Crippen molar-refractivity contribution in [3.8, 4) is 0 Å². The first-order chi connectivity index (χ1) is 13.6. The summed E-state index contributed by atoms with van der Waals surface area (Å²) in [4.78, 5) is 4.69. The molecule has 0 saturated heterocycles. The van der Waals surface area contributed by atoms with Gasteiger partial charge in [-0.3, -0.25) is 0 Å². The third kappa shape index (κ3) is 2.74. The molecule has 3 nitrogen and oxygen atoms in total. The summed E-state index contributed by atoms with van der Waals surface area (Å²) in [6, 6.07) is 18.3. The zero-order valence-electron chi connectivity index (χ0n) is 14.7. The van der Waals surface area contributed by atoms with Crippen molar-refractivity contribution in [3.63, 3.8) is 0 Å². The Morgan fingerprint density at radius 2 is 1.75 bits per heavy atom.